The predicted octanol–water partition coefficient (Wildman–Crippen LogP) is -3.82. The fourth-order valence-corrected chi connectivity index (χ4v) is 0. The molecule has 3 N–H and O–H groups in total. The summed E-state index contributed by atoms with van der Waals surface area (Å²) in [4.78, 5) is 21.6. The van der Waals surface area contributed by atoms with E-state index in [4.69, 9.17) is 19.2 Å². The molecule has 0 aliphatic carbocycles. The largest absolute Gasteiger partial charge is 1.00 e. The molecule has 0 aromatic rings. The maximum absolute atomic E-state index is 8.88. The quantitative estimate of drug-likeness (QED) is 0.313. The van der Waals surface area contributed by atoms with Crippen LogP contribution in [0, 0.1) is 0 Å². The van der Waals surface area contributed by atoms with Crippen molar-refractivity contribution in [2.24, 2.45) is 0 Å². The van der Waals surface area contributed by atoms with Crippen LogP contribution < -0.4 is 29.6 Å². The van der Waals surface area contributed by atoms with Crippen LogP contribution in [0.1, 0.15) is 1.43 Å². The van der Waals surface area contributed by atoms with Crippen LogP contribution in [0.5, 0.6) is 0 Å². The number of phosphoric acid groups is 1. The molecule has 0 amide bonds. The Labute approximate surface area is 113 Å². The van der Waals surface area contributed by atoms with Crippen LogP contribution in [-0.4, -0.2) is 14.7 Å². The van der Waals surface area contributed by atoms with Crippen molar-refractivity contribution in [3.05, 3.63) is 0 Å². The van der Waals surface area contributed by atoms with Gasteiger partial charge < -0.3 is 16.1 Å². The van der Waals surface area contributed by atoms with Crippen molar-refractivity contribution in [2.75, 3.05) is 0 Å². The Morgan fingerprint density at radius 2 is 1.22 bits per heavy atom. The molecule has 0 saturated heterocycles. The van der Waals surface area contributed by atoms with Gasteiger partial charge in [0.05, 0.1) is 0 Å². The van der Waals surface area contributed by atoms with Gasteiger partial charge in [-0.15, -0.1) is 0 Å². The Balaban J connectivity index is -0.00000000800. The Kier molecular flexibility index (Phi) is 44.5. The summed E-state index contributed by atoms with van der Waals surface area (Å²) in [5.41, 5.74) is 0. The second-order valence-electron chi connectivity index (χ2n) is 0.513. The van der Waals surface area contributed by atoms with Gasteiger partial charge in [-0.1, -0.05) is 0 Å². The molecule has 51 valence electrons. The summed E-state index contributed by atoms with van der Waals surface area (Å²) in [5.74, 6) is 0. The fraction of sp³-hybridized carbons (Fsp3) is 0. The van der Waals surface area contributed by atoms with Crippen molar-refractivity contribution in [2.45, 2.75) is 0 Å². The van der Waals surface area contributed by atoms with Gasteiger partial charge in [0.25, 0.3) is 0 Å². The zero-order valence-electron chi connectivity index (χ0n) is 5.48. The van der Waals surface area contributed by atoms with Gasteiger partial charge >= 0.3 is 37.4 Å². The van der Waals surface area contributed by atoms with Gasteiger partial charge in [-0.2, -0.15) is 0 Å². The maximum Gasteiger partial charge on any atom is 1.00 e. The van der Waals surface area contributed by atoms with E-state index >= 15 is 0 Å². The molecule has 0 aliphatic heterocycles. The molecule has 0 spiro atoms. The van der Waals surface area contributed by atoms with Gasteiger partial charge in [0.2, 0.25) is 0 Å². The van der Waals surface area contributed by atoms with Crippen molar-refractivity contribution in [3.63, 3.8) is 0 Å². The number of hydrogen-bond acceptors (Lipinski definition) is 1. The first kappa shape index (κ1) is 29.7. The van der Waals surface area contributed by atoms with E-state index in [2.05, 4.69) is 0 Å². The molecule has 9 heavy (non-hydrogen) atoms. The molecule has 0 rings (SSSR count). The van der Waals surface area contributed by atoms with Gasteiger partial charge in [-0.05, 0) is 0 Å². The minimum atomic E-state index is -4.64. The van der Waals surface area contributed by atoms with E-state index in [1.807, 2.05) is 0 Å². The summed E-state index contributed by atoms with van der Waals surface area (Å²) in [5, 5.41) is 0. The minimum Gasteiger partial charge on any atom is -1.00 e. The van der Waals surface area contributed by atoms with Crippen molar-refractivity contribution in [1.29, 1.82) is 0 Å². The Hall–Kier alpha value is 2.88. The number of rotatable bonds is 0. The first-order valence-corrected chi connectivity index (χ1v) is 2.35. The molecule has 0 saturated carbocycles. The van der Waals surface area contributed by atoms with Gasteiger partial charge in [-0.3, -0.25) is 0 Å². The molecule has 0 atom stereocenters. The zero-order valence-corrected chi connectivity index (χ0v) is 11.4. The van der Waals surface area contributed by atoms with Crippen molar-refractivity contribution in [3.8, 4) is 0 Å². The topological polar surface area (TPSA) is 77.8 Å². The van der Waals surface area contributed by atoms with Gasteiger partial charge in [0.1, 0.15) is 0 Å². The maximum atomic E-state index is 8.88. The van der Waals surface area contributed by atoms with E-state index in [0.717, 1.165) is 0 Å². The smallest absolute Gasteiger partial charge is 1.00 e. The predicted molar refractivity (Wildman–Crippen MR) is 15.4 cm³/mol. The van der Waals surface area contributed by atoms with E-state index in [9.17, 15) is 0 Å². The van der Waals surface area contributed by atoms with Crippen LogP contribution in [-0.2, 0) is 60.7 Å². The van der Waals surface area contributed by atoms with Crippen LogP contribution in [0.2, 0.25) is 0 Å². The van der Waals surface area contributed by atoms with Crippen LogP contribution in [0.15, 0.2) is 0 Å². The van der Waals surface area contributed by atoms with E-state index in [0.29, 0.717) is 0 Å². The molecule has 0 unspecified atom stereocenters. The van der Waals surface area contributed by atoms with Gasteiger partial charge in [0, 0.05) is 56.1 Å². The van der Waals surface area contributed by atoms with E-state index in [1.54, 1.807) is 0 Å². The summed E-state index contributed by atoms with van der Waals surface area (Å²) in [6.45, 7) is 0. The second-order valence-corrected chi connectivity index (χ2v) is 1.54. The molecule has 9 heteroatoms. The molecule has 0 bridgehead atoms. The van der Waals surface area contributed by atoms with E-state index < -0.39 is 7.82 Å². The summed E-state index contributed by atoms with van der Waals surface area (Å²) in [6.07, 6.45) is 0. The normalized spacial score (nSPS) is 6.56. The van der Waals surface area contributed by atoms with Gasteiger partial charge in [0.15, 0.2) is 0 Å². The van der Waals surface area contributed by atoms with E-state index in [1.165, 1.54) is 0 Å². The molecular formula is H4CrMnNaO4PTi. The van der Waals surface area contributed by atoms with Crippen LogP contribution in [0.4, 0.5) is 0 Å². The summed E-state index contributed by atoms with van der Waals surface area (Å²) in [7, 11) is -4.64. The Morgan fingerprint density at radius 3 is 1.22 bits per heavy atom. The molecule has 0 aromatic heterocycles. The molecule has 0 aliphatic rings. The third kappa shape index (κ3) is 104. The fourth-order valence-electron chi connectivity index (χ4n) is 0. The SMILES string of the molecule is O=P(O)(O)O.[Cr].[H-].[Mn].[Na+].[Ti]. The monoisotopic (exact) mass is 277 g/mol. The van der Waals surface area contributed by atoms with Gasteiger partial charge in [-0.25, -0.2) is 4.57 Å². The average molecular weight is 277 g/mol. The molecule has 1 radical (unpaired) electrons. The summed E-state index contributed by atoms with van der Waals surface area (Å²) < 4.78 is 8.88. The van der Waals surface area contributed by atoms with E-state index in [-0.39, 0.29) is 87.1 Å². The van der Waals surface area contributed by atoms with Crippen LogP contribution in [0.3, 0.4) is 0 Å². The molecular weight excluding hydrogens is 273 g/mol. The third-order valence-electron chi connectivity index (χ3n) is 0. The second kappa shape index (κ2) is 13.5. The summed E-state index contributed by atoms with van der Waals surface area (Å²) in [6, 6.07) is 0. The number of hydrogen-bond donors (Lipinski definition) is 3. The molecule has 0 fully saturated rings. The first-order valence-electron chi connectivity index (χ1n) is 0.783. The minimum absolute atomic E-state index is 0. The van der Waals surface area contributed by atoms with Crippen LogP contribution >= 0.6 is 7.82 Å². The standard InChI is InChI=1S/Cr.Mn.Na.H3O4P.Ti.H/c;;;1-5(2,3)4;;/h;;;(H3,1,2,3,4);;/q;;+1;;;-1. The average Bonchev–Trinajstić information content (AvgIpc) is 0.722. The molecule has 0 aromatic carbocycles. The zero-order chi connectivity index (χ0) is 4.50. The molecule has 4 nitrogen and oxygen atoms in total. The van der Waals surface area contributed by atoms with Crippen molar-refractivity contribution >= 4 is 7.82 Å². The van der Waals surface area contributed by atoms with Crippen molar-refractivity contribution < 1.29 is 106 Å². The molecule has 0 heterocycles. The van der Waals surface area contributed by atoms with Crippen molar-refractivity contribution in [1.82, 2.24) is 0 Å². The van der Waals surface area contributed by atoms with Crippen LogP contribution in [0.25, 0.3) is 0 Å². The third-order valence-corrected chi connectivity index (χ3v) is 0. The Bertz CT molecular complexity index is 71.4. The first-order chi connectivity index (χ1) is 2.00. The Morgan fingerprint density at radius 1 is 1.22 bits per heavy atom. The summed E-state index contributed by atoms with van der Waals surface area (Å²) >= 11 is 0.